The van der Waals surface area contributed by atoms with Crippen molar-refractivity contribution in [1.29, 1.82) is 0 Å². The number of thiophene rings is 1. The maximum atomic E-state index is 5.97. The lowest BCUT2D eigenvalue weighted by atomic mass is 10.1. The molecule has 0 spiro atoms. The van der Waals surface area contributed by atoms with E-state index in [0.29, 0.717) is 18.3 Å². The van der Waals surface area contributed by atoms with E-state index < -0.39 is 0 Å². The number of piperazine rings is 1. The summed E-state index contributed by atoms with van der Waals surface area (Å²) in [5.41, 5.74) is 3.83. The number of aromatic nitrogens is 2. The lowest BCUT2D eigenvalue weighted by Crippen LogP contribution is -2.45. The van der Waals surface area contributed by atoms with Crippen molar-refractivity contribution >= 4 is 11.3 Å². The second-order valence-electron chi connectivity index (χ2n) is 7.94. The van der Waals surface area contributed by atoms with E-state index in [9.17, 15) is 0 Å². The first-order valence-corrected chi connectivity index (χ1v) is 11.4. The lowest BCUT2D eigenvalue weighted by molar-refractivity contribution is 0.114. The van der Waals surface area contributed by atoms with Gasteiger partial charge in [-0.3, -0.25) is 9.80 Å². The summed E-state index contributed by atoms with van der Waals surface area (Å²) >= 11 is 1.75. The van der Waals surface area contributed by atoms with Crippen LogP contribution in [0.2, 0.25) is 0 Å². The molecule has 1 aromatic carbocycles. The Morgan fingerprint density at radius 2 is 1.77 bits per heavy atom. The number of aryl methyl sites for hydroxylation is 3. The van der Waals surface area contributed by atoms with Crippen LogP contribution in [0.3, 0.4) is 0 Å². The summed E-state index contributed by atoms with van der Waals surface area (Å²) in [6.07, 6.45) is 1.04. The summed E-state index contributed by atoms with van der Waals surface area (Å²) in [5.74, 6) is 2.31. The van der Waals surface area contributed by atoms with Crippen molar-refractivity contribution in [2.75, 3.05) is 33.3 Å². The molecule has 1 aliphatic rings. The second-order valence-corrected chi connectivity index (χ2v) is 9.08. The van der Waals surface area contributed by atoms with Crippen LogP contribution in [0.1, 0.15) is 34.4 Å². The molecule has 0 saturated carbocycles. The maximum absolute atomic E-state index is 5.97. The fourth-order valence-corrected chi connectivity index (χ4v) is 5.00. The van der Waals surface area contributed by atoms with Crippen molar-refractivity contribution in [2.24, 2.45) is 0 Å². The van der Waals surface area contributed by atoms with Crippen molar-refractivity contribution < 1.29 is 9.15 Å². The average molecular weight is 427 g/mol. The van der Waals surface area contributed by atoms with Crippen molar-refractivity contribution in [1.82, 2.24) is 20.0 Å². The van der Waals surface area contributed by atoms with Crippen LogP contribution < -0.4 is 4.74 Å². The van der Waals surface area contributed by atoms with Gasteiger partial charge in [-0.05, 0) is 38.0 Å². The zero-order valence-corrected chi connectivity index (χ0v) is 19.1. The Labute approximate surface area is 182 Å². The van der Waals surface area contributed by atoms with Crippen LogP contribution in [0.5, 0.6) is 5.75 Å². The fourth-order valence-electron chi connectivity index (χ4n) is 3.96. The lowest BCUT2D eigenvalue weighted by Gasteiger charge is -2.34. The zero-order chi connectivity index (χ0) is 21.1. The summed E-state index contributed by atoms with van der Waals surface area (Å²) in [6, 6.07) is 8.53. The minimum atomic E-state index is 0.642. The van der Waals surface area contributed by atoms with Crippen LogP contribution in [-0.2, 0) is 19.5 Å². The number of hydrogen-bond acceptors (Lipinski definition) is 7. The van der Waals surface area contributed by atoms with E-state index in [4.69, 9.17) is 9.15 Å². The Morgan fingerprint density at radius 1 is 1.03 bits per heavy atom. The number of hydrogen-bond donors (Lipinski definition) is 0. The van der Waals surface area contributed by atoms with E-state index in [1.807, 2.05) is 0 Å². The highest BCUT2D eigenvalue weighted by Crippen LogP contribution is 2.31. The Morgan fingerprint density at radius 3 is 2.43 bits per heavy atom. The van der Waals surface area contributed by atoms with Gasteiger partial charge >= 0.3 is 0 Å². The summed E-state index contributed by atoms with van der Waals surface area (Å²) in [4.78, 5) is 7.32. The Balaban J connectivity index is 1.32. The molecule has 0 radical (unpaired) electrons. The third-order valence-electron chi connectivity index (χ3n) is 5.67. The molecule has 160 valence electrons. The normalized spacial score (nSPS) is 15.6. The molecule has 6 nitrogen and oxygen atoms in total. The number of ether oxygens (including phenoxy) is 1. The SMILES string of the molecule is CCc1sc(-c2nnc(CN3CCN(Cc4cc(C)ccc4OC)CC3)o2)cc1C. The molecule has 0 bridgehead atoms. The summed E-state index contributed by atoms with van der Waals surface area (Å²) < 4.78 is 11.5. The molecule has 3 heterocycles. The molecule has 1 saturated heterocycles. The molecule has 2 aromatic heterocycles. The number of rotatable bonds is 7. The standard InChI is InChI=1S/C23H30N4O2S/c1-5-20-17(3)13-21(30-20)23-25-24-22(29-23)15-27-10-8-26(9-11-27)14-18-12-16(2)6-7-19(18)28-4/h6-7,12-13H,5,8-11,14-15H2,1-4H3. The molecule has 30 heavy (non-hydrogen) atoms. The van der Waals surface area contributed by atoms with Crippen molar-refractivity contribution in [3.05, 3.63) is 51.7 Å². The largest absolute Gasteiger partial charge is 0.496 e. The highest BCUT2D eigenvalue weighted by Gasteiger charge is 2.21. The van der Waals surface area contributed by atoms with E-state index in [0.717, 1.165) is 49.8 Å². The molecular weight excluding hydrogens is 396 g/mol. The Kier molecular flexibility index (Phi) is 6.51. The summed E-state index contributed by atoms with van der Waals surface area (Å²) in [6.45, 7) is 12.1. The average Bonchev–Trinajstić information content (AvgIpc) is 3.36. The molecule has 0 amide bonds. The van der Waals surface area contributed by atoms with Crippen molar-refractivity contribution in [3.8, 4) is 16.5 Å². The van der Waals surface area contributed by atoms with E-state index >= 15 is 0 Å². The van der Waals surface area contributed by atoms with Gasteiger partial charge in [0.25, 0.3) is 5.89 Å². The molecule has 0 aliphatic carbocycles. The van der Waals surface area contributed by atoms with E-state index in [-0.39, 0.29) is 0 Å². The third-order valence-corrected chi connectivity index (χ3v) is 7.04. The van der Waals surface area contributed by atoms with Gasteiger partial charge < -0.3 is 9.15 Å². The molecule has 1 aliphatic heterocycles. The van der Waals surface area contributed by atoms with Crippen LogP contribution in [0.4, 0.5) is 0 Å². The number of methoxy groups -OCH3 is 1. The Bertz CT molecular complexity index is 989. The van der Waals surface area contributed by atoms with Crippen LogP contribution in [0, 0.1) is 13.8 Å². The molecule has 4 rings (SSSR count). The van der Waals surface area contributed by atoms with Gasteiger partial charge in [0.1, 0.15) is 5.75 Å². The first-order valence-electron chi connectivity index (χ1n) is 10.6. The van der Waals surface area contributed by atoms with Crippen molar-refractivity contribution in [3.63, 3.8) is 0 Å². The number of benzene rings is 1. The predicted molar refractivity (Wildman–Crippen MR) is 120 cm³/mol. The van der Waals surface area contributed by atoms with Gasteiger partial charge in [-0.15, -0.1) is 21.5 Å². The molecular formula is C23H30N4O2S. The zero-order valence-electron chi connectivity index (χ0n) is 18.3. The monoisotopic (exact) mass is 426 g/mol. The van der Waals surface area contributed by atoms with E-state index in [1.165, 1.54) is 21.6 Å². The molecule has 7 heteroatoms. The van der Waals surface area contributed by atoms with Gasteiger partial charge in [-0.25, -0.2) is 0 Å². The highest BCUT2D eigenvalue weighted by atomic mass is 32.1. The van der Waals surface area contributed by atoms with E-state index in [2.05, 4.69) is 65.0 Å². The molecule has 0 unspecified atom stereocenters. The van der Waals surface area contributed by atoms with Gasteiger partial charge in [0.2, 0.25) is 5.89 Å². The maximum Gasteiger partial charge on any atom is 0.257 e. The third kappa shape index (κ3) is 4.74. The van der Waals surface area contributed by atoms with Crippen LogP contribution in [-0.4, -0.2) is 53.3 Å². The van der Waals surface area contributed by atoms with Gasteiger partial charge in [-0.2, -0.15) is 0 Å². The quantitative estimate of drug-likeness (QED) is 0.561. The van der Waals surface area contributed by atoms with Crippen LogP contribution >= 0.6 is 11.3 Å². The molecule has 1 fully saturated rings. The van der Waals surface area contributed by atoms with Gasteiger partial charge in [0.15, 0.2) is 0 Å². The van der Waals surface area contributed by atoms with E-state index in [1.54, 1.807) is 18.4 Å². The van der Waals surface area contributed by atoms with Crippen molar-refractivity contribution in [2.45, 2.75) is 40.3 Å². The second kappa shape index (κ2) is 9.29. The summed E-state index contributed by atoms with van der Waals surface area (Å²) in [5, 5.41) is 8.57. The smallest absolute Gasteiger partial charge is 0.257 e. The highest BCUT2D eigenvalue weighted by molar-refractivity contribution is 7.15. The van der Waals surface area contributed by atoms with Gasteiger partial charge in [0, 0.05) is 43.2 Å². The van der Waals surface area contributed by atoms with Gasteiger partial charge in [-0.1, -0.05) is 24.6 Å². The number of nitrogens with zero attached hydrogens (tertiary/aromatic N) is 4. The minimum Gasteiger partial charge on any atom is -0.496 e. The predicted octanol–water partition coefficient (Wildman–Crippen LogP) is 4.30. The Hall–Kier alpha value is -2.22. The molecule has 3 aromatic rings. The first kappa shape index (κ1) is 21.0. The fraction of sp³-hybridized carbons (Fsp3) is 0.478. The van der Waals surface area contributed by atoms with Crippen LogP contribution in [0.15, 0.2) is 28.7 Å². The summed E-state index contributed by atoms with van der Waals surface area (Å²) in [7, 11) is 1.74. The molecule has 0 N–H and O–H groups in total. The minimum absolute atomic E-state index is 0.642. The topological polar surface area (TPSA) is 54.6 Å². The van der Waals surface area contributed by atoms with Gasteiger partial charge in [0.05, 0.1) is 18.5 Å². The first-order chi connectivity index (χ1) is 14.6. The van der Waals surface area contributed by atoms with Crippen LogP contribution in [0.25, 0.3) is 10.8 Å². The molecule has 0 atom stereocenters.